The Labute approximate surface area is 162 Å². The molecule has 5 nitrogen and oxygen atoms in total. The second kappa shape index (κ2) is 8.91. The summed E-state index contributed by atoms with van der Waals surface area (Å²) in [6.45, 7) is 0.166. The summed E-state index contributed by atoms with van der Waals surface area (Å²) in [5.41, 5.74) is 1.78. The van der Waals surface area contributed by atoms with Gasteiger partial charge >= 0.3 is 0 Å². The molecule has 0 spiro atoms. The van der Waals surface area contributed by atoms with E-state index in [4.69, 9.17) is 4.74 Å². The van der Waals surface area contributed by atoms with Crippen LogP contribution in [0.25, 0.3) is 0 Å². The Balaban J connectivity index is 1.74. The molecule has 0 atom stereocenters. The summed E-state index contributed by atoms with van der Waals surface area (Å²) in [6.07, 6.45) is 12.1. The van der Waals surface area contributed by atoms with E-state index in [9.17, 15) is 13.2 Å². The fraction of sp³-hybridized carbons (Fsp3) is 0.571. The van der Waals surface area contributed by atoms with Crippen LogP contribution in [0.1, 0.15) is 73.2 Å². The molecule has 2 saturated carbocycles. The molecule has 0 saturated heterocycles. The predicted octanol–water partition coefficient (Wildman–Crippen LogP) is 3.95. The van der Waals surface area contributed by atoms with E-state index in [1.807, 2.05) is 12.1 Å². The number of hydrogen-bond acceptors (Lipinski definition) is 4. The maximum absolute atomic E-state index is 12.6. The van der Waals surface area contributed by atoms with Crippen molar-refractivity contribution in [3.05, 3.63) is 40.8 Å². The van der Waals surface area contributed by atoms with Crippen LogP contribution in [0.15, 0.2) is 29.7 Å². The molecule has 0 radical (unpaired) electrons. The first-order valence-corrected chi connectivity index (χ1v) is 11.8. The summed E-state index contributed by atoms with van der Waals surface area (Å²) in [5.74, 6) is 0.987. The third-order valence-electron chi connectivity index (χ3n) is 5.40. The highest BCUT2D eigenvalue weighted by Gasteiger charge is 2.23. The average Bonchev–Trinajstić information content (AvgIpc) is 3.31. The fourth-order valence-electron chi connectivity index (χ4n) is 3.99. The van der Waals surface area contributed by atoms with Gasteiger partial charge < -0.3 is 10.1 Å². The van der Waals surface area contributed by atoms with Gasteiger partial charge in [0.15, 0.2) is 9.84 Å². The van der Waals surface area contributed by atoms with Crippen molar-refractivity contribution in [2.75, 3.05) is 12.8 Å². The second-order valence-corrected chi connectivity index (χ2v) is 9.60. The lowest BCUT2D eigenvalue weighted by Gasteiger charge is -2.19. The first kappa shape index (κ1) is 19.9. The van der Waals surface area contributed by atoms with E-state index in [1.54, 1.807) is 0 Å². The van der Waals surface area contributed by atoms with Crippen molar-refractivity contribution in [2.45, 2.75) is 63.4 Å². The van der Waals surface area contributed by atoms with Crippen molar-refractivity contribution in [3.8, 4) is 5.75 Å². The van der Waals surface area contributed by atoms with Crippen LogP contribution in [0, 0.1) is 0 Å². The molecule has 6 heteroatoms. The molecule has 0 heterocycles. The Morgan fingerprint density at radius 2 is 1.81 bits per heavy atom. The molecule has 3 rings (SSSR count). The number of hydrogen-bond donors (Lipinski definition) is 1. The van der Waals surface area contributed by atoms with E-state index < -0.39 is 9.84 Å². The third-order valence-corrected chi connectivity index (χ3v) is 6.08. The molecule has 0 bridgehead atoms. The standard InChI is InChI=1S/C21H29NO4S/c1-27(24,25)14-6-13-22-21(23)19-12-11-17(16-7-2-3-8-16)15-20(19)26-18-9-4-5-10-18/h6,11-12,14-16,18H,2-5,7-10,13H2,1H3,(H,22,23)/b14-6+. The lowest BCUT2D eigenvalue weighted by Crippen LogP contribution is -2.25. The van der Waals surface area contributed by atoms with Gasteiger partial charge in [-0.2, -0.15) is 0 Å². The summed E-state index contributed by atoms with van der Waals surface area (Å²) in [6, 6.07) is 5.95. The number of rotatable bonds is 7. The van der Waals surface area contributed by atoms with Crippen LogP contribution in [0.4, 0.5) is 0 Å². The second-order valence-electron chi connectivity index (χ2n) is 7.67. The van der Waals surface area contributed by atoms with Crippen LogP contribution in [-0.2, 0) is 9.84 Å². The molecule has 0 unspecified atom stereocenters. The highest BCUT2D eigenvalue weighted by Crippen LogP contribution is 2.37. The van der Waals surface area contributed by atoms with E-state index in [0.717, 1.165) is 24.5 Å². The smallest absolute Gasteiger partial charge is 0.255 e. The number of sulfone groups is 1. The van der Waals surface area contributed by atoms with Crippen molar-refractivity contribution < 1.29 is 17.9 Å². The van der Waals surface area contributed by atoms with Gasteiger partial charge in [-0.05, 0) is 62.1 Å². The number of carbonyl (C=O) groups excluding carboxylic acids is 1. The molecular formula is C21H29NO4S. The van der Waals surface area contributed by atoms with E-state index in [1.165, 1.54) is 50.2 Å². The lowest BCUT2D eigenvalue weighted by atomic mass is 9.96. The zero-order chi connectivity index (χ0) is 19.3. The summed E-state index contributed by atoms with van der Waals surface area (Å²) in [5, 5.41) is 3.86. The Hall–Kier alpha value is -1.82. The molecule has 2 aliphatic carbocycles. The van der Waals surface area contributed by atoms with E-state index in [0.29, 0.717) is 17.2 Å². The van der Waals surface area contributed by atoms with Crippen molar-refractivity contribution in [2.24, 2.45) is 0 Å². The molecule has 2 aliphatic rings. The summed E-state index contributed by atoms with van der Waals surface area (Å²) >= 11 is 0. The van der Waals surface area contributed by atoms with Gasteiger partial charge in [0, 0.05) is 18.2 Å². The monoisotopic (exact) mass is 391 g/mol. The van der Waals surface area contributed by atoms with Gasteiger partial charge in [0.2, 0.25) is 0 Å². The van der Waals surface area contributed by atoms with Gasteiger partial charge in [0.1, 0.15) is 5.75 Å². The van der Waals surface area contributed by atoms with Crippen molar-refractivity contribution >= 4 is 15.7 Å². The molecule has 2 fully saturated rings. The average molecular weight is 392 g/mol. The van der Waals surface area contributed by atoms with Crippen LogP contribution in [0.5, 0.6) is 5.75 Å². The van der Waals surface area contributed by atoms with E-state index >= 15 is 0 Å². The van der Waals surface area contributed by atoms with E-state index in [-0.39, 0.29) is 18.6 Å². The normalized spacial score (nSPS) is 19.0. The van der Waals surface area contributed by atoms with Crippen LogP contribution in [-0.4, -0.2) is 33.2 Å². The summed E-state index contributed by atoms with van der Waals surface area (Å²) < 4.78 is 28.5. The van der Waals surface area contributed by atoms with Gasteiger partial charge in [-0.25, -0.2) is 8.42 Å². The molecular weight excluding hydrogens is 362 g/mol. The Morgan fingerprint density at radius 1 is 1.15 bits per heavy atom. The highest BCUT2D eigenvalue weighted by molar-refractivity contribution is 7.93. The lowest BCUT2D eigenvalue weighted by molar-refractivity contribution is 0.0950. The molecule has 1 aromatic carbocycles. The quantitative estimate of drug-likeness (QED) is 0.764. The number of nitrogens with one attached hydrogen (secondary N) is 1. The SMILES string of the molecule is CS(=O)(=O)/C=C/CNC(=O)c1ccc(C2CCCC2)cc1OC1CCCC1. The van der Waals surface area contributed by atoms with Crippen molar-refractivity contribution in [1.82, 2.24) is 5.32 Å². The topological polar surface area (TPSA) is 72.5 Å². The molecule has 1 amide bonds. The first-order chi connectivity index (χ1) is 12.9. The minimum Gasteiger partial charge on any atom is -0.490 e. The fourth-order valence-corrected chi connectivity index (χ4v) is 4.44. The number of amides is 1. The van der Waals surface area contributed by atoms with Crippen molar-refractivity contribution in [3.63, 3.8) is 0 Å². The largest absolute Gasteiger partial charge is 0.490 e. The molecule has 0 aromatic heterocycles. The summed E-state index contributed by atoms with van der Waals surface area (Å²) in [4.78, 5) is 12.6. The summed E-state index contributed by atoms with van der Waals surface area (Å²) in [7, 11) is -3.18. The molecule has 0 aliphatic heterocycles. The predicted molar refractivity (Wildman–Crippen MR) is 107 cm³/mol. The number of ether oxygens (including phenoxy) is 1. The molecule has 1 aromatic rings. The Morgan fingerprint density at radius 3 is 2.48 bits per heavy atom. The minimum atomic E-state index is -3.18. The zero-order valence-corrected chi connectivity index (χ0v) is 16.8. The molecule has 27 heavy (non-hydrogen) atoms. The van der Waals surface area contributed by atoms with Crippen LogP contribution in [0.3, 0.4) is 0 Å². The van der Waals surface area contributed by atoms with Crippen LogP contribution < -0.4 is 10.1 Å². The van der Waals surface area contributed by atoms with Gasteiger partial charge in [-0.3, -0.25) is 4.79 Å². The maximum Gasteiger partial charge on any atom is 0.255 e. The highest BCUT2D eigenvalue weighted by atomic mass is 32.2. The van der Waals surface area contributed by atoms with Gasteiger partial charge in [-0.1, -0.05) is 25.0 Å². The first-order valence-electron chi connectivity index (χ1n) is 9.88. The van der Waals surface area contributed by atoms with E-state index in [2.05, 4.69) is 11.4 Å². The van der Waals surface area contributed by atoms with Crippen LogP contribution >= 0.6 is 0 Å². The van der Waals surface area contributed by atoms with Gasteiger partial charge in [0.25, 0.3) is 5.91 Å². The van der Waals surface area contributed by atoms with Crippen LogP contribution in [0.2, 0.25) is 0 Å². The maximum atomic E-state index is 12.6. The number of carbonyl (C=O) groups is 1. The molecule has 1 N–H and O–H groups in total. The van der Waals surface area contributed by atoms with Gasteiger partial charge in [0.05, 0.1) is 11.7 Å². The van der Waals surface area contributed by atoms with Crippen molar-refractivity contribution in [1.29, 1.82) is 0 Å². The molecule has 148 valence electrons. The Kier molecular flexibility index (Phi) is 6.58. The zero-order valence-electron chi connectivity index (χ0n) is 15.9. The third kappa shape index (κ3) is 5.83. The number of benzene rings is 1. The minimum absolute atomic E-state index is 0.166. The Bertz CT molecular complexity index is 788. The van der Waals surface area contributed by atoms with Gasteiger partial charge in [-0.15, -0.1) is 0 Å².